The SMILES string of the molecule is CC(C(=O)ONC(=O)OCC(Cl)(Cl)Cl)c1ccsc1. The van der Waals surface area contributed by atoms with Gasteiger partial charge in [-0.15, -0.1) is 5.48 Å². The van der Waals surface area contributed by atoms with Crippen LogP contribution in [0.2, 0.25) is 0 Å². The van der Waals surface area contributed by atoms with Crippen molar-refractivity contribution in [3.05, 3.63) is 22.4 Å². The van der Waals surface area contributed by atoms with Crippen LogP contribution in [0.1, 0.15) is 18.4 Å². The molecule has 1 heterocycles. The van der Waals surface area contributed by atoms with Gasteiger partial charge in [-0.3, -0.25) is 0 Å². The molecular formula is C10H10Cl3NO4S. The molecule has 1 aromatic rings. The van der Waals surface area contributed by atoms with E-state index in [-0.39, 0.29) is 0 Å². The second-order valence-electron chi connectivity index (χ2n) is 3.49. The van der Waals surface area contributed by atoms with Gasteiger partial charge in [0.15, 0.2) is 0 Å². The third kappa shape index (κ3) is 6.33. The van der Waals surface area contributed by atoms with E-state index in [0.29, 0.717) is 0 Å². The number of carbonyl (C=O) groups excluding carboxylic acids is 2. The fraction of sp³-hybridized carbons (Fsp3) is 0.400. The number of hydrogen-bond acceptors (Lipinski definition) is 5. The fourth-order valence-corrected chi connectivity index (χ4v) is 1.93. The molecule has 1 amide bonds. The average Bonchev–Trinajstić information content (AvgIpc) is 2.85. The van der Waals surface area contributed by atoms with Crippen LogP contribution in [0.5, 0.6) is 0 Å². The molecule has 106 valence electrons. The summed E-state index contributed by atoms with van der Waals surface area (Å²) in [5.41, 5.74) is 2.61. The first kappa shape index (κ1) is 16.4. The number of ether oxygens (including phenoxy) is 1. The fourth-order valence-electron chi connectivity index (χ4n) is 1.01. The Morgan fingerprint density at radius 2 is 2.16 bits per heavy atom. The number of nitrogens with one attached hydrogen (secondary N) is 1. The number of carbonyl (C=O) groups is 2. The maximum atomic E-state index is 11.6. The summed E-state index contributed by atoms with van der Waals surface area (Å²) >= 11 is 17.6. The number of halogens is 3. The molecule has 5 nitrogen and oxygen atoms in total. The number of rotatable bonds is 3. The predicted octanol–water partition coefficient (Wildman–Crippen LogP) is 3.41. The van der Waals surface area contributed by atoms with Crippen molar-refractivity contribution in [2.24, 2.45) is 0 Å². The normalized spacial score (nSPS) is 12.6. The van der Waals surface area contributed by atoms with Gasteiger partial charge in [0.2, 0.25) is 3.79 Å². The Morgan fingerprint density at radius 1 is 1.47 bits per heavy atom. The maximum Gasteiger partial charge on any atom is 0.440 e. The second kappa shape index (κ2) is 7.19. The summed E-state index contributed by atoms with van der Waals surface area (Å²) < 4.78 is 2.79. The molecule has 0 spiro atoms. The highest BCUT2D eigenvalue weighted by Gasteiger charge is 2.23. The molecule has 0 saturated heterocycles. The molecule has 0 saturated carbocycles. The van der Waals surface area contributed by atoms with E-state index in [9.17, 15) is 9.59 Å². The minimum atomic E-state index is -1.72. The largest absolute Gasteiger partial charge is 0.443 e. The van der Waals surface area contributed by atoms with Gasteiger partial charge in [-0.1, -0.05) is 34.8 Å². The minimum Gasteiger partial charge on any atom is -0.443 e. The van der Waals surface area contributed by atoms with Gasteiger partial charge < -0.3 is 9.57 Å². The molecule has 0 fully saturated rings. The number of hydroxylamine groups is 1. The molecule has 1 rings (SSSR count). The third-order valence-electron chi connectivity index (χ3n) is 2.00. The standard InChI is InChI=1S/C10H10Cl3NO4S/c1-6(7-2-3-19-4-7)8(15)18-14-9(16)17-5-10(11,12)13/h2-4,6H,5H2,1H3,(H,14,16). The van der Waals surface area contributed by atoms with E-state index in [1.165, 1.54) is 11.3 Å². The second-order valence-corrected chi connectivity index (χ2v) is 6.79. The van der Waals surface area contributed by atoms with Crippen LogP contribution < -0.4 is 5.48 Å². The quantitative estimate of drug-likeness (QED) is 0.673. The summed E-state index contributed by atoms with van der Waals surface area (Å²) in [5, 5.41) is 3.65. The molecule has 0 aliphatic heterocycles. The van der Waals surface area contributed by atoms with Crippen molar-refractivity contribution in [3.8, 4) is 0 Å². The molecule has 0 aliphatic carbocycles. The molecule has 0 aromatic carbocycles. The van der Waals surface area contributed by atoms with Crippen LogP contribution >= 0.6 is 46.1 Å². The maximum absolute atomic E-state index is 11.6. The van der Waals surface area contributed by atoms with E-state index in [1.807, 2.05) is 16.2 Å². The van der Waals surface area contributed by atoms with Gasteiger partial charge in [0.05, 0.1) is 5.92 Å². The third-order valence-corrected chi connectivity index (χ3v) is 3.03. The molecule has 1 aromatic heterocycles. The molecule has 19 heavy (non-hydrogen) atoms. The van der Waals surface area contributed by atoms with E-state index < -0.39 is 28.4 Å². The number of amides is 1. The van der Waals surface area contributed by atoms with Crippen molar-refractivity contribution in [1.29, 1.82) is 0 Å². The lowest BCUT2D eigenvalue weighted by molar-refractivity contribution is -0.151. The van der Waals surface area contributed by atoms with Gasteiger partial charge in [-0.25, -0.2) is 9.59 Å². The Hall–Kier alpha value is -0.690. The van der Waals surface area contributed by atoms with Gasteiger partial charge in [0, 0.05) is 0 Å². The molecule has 1 unspecified atom stereocenters. The topological polar surface area (TPSA) is 64.6 Å². The molecular weight excluding hydrogens is 337 g/mol. The summed E-state index contributed by atoms with van der Waals surface area (Å²) in [6, 6.07) is 1.79. The van der Waals surface area contributed by atoms with E-state index in [1.54, 1.807) is 13.0 Å². The van der Waals surface area contributed by atoms with Gasteiger partial charge in [0.25, 0.3) is 0 Å². The Kier molecular flexibility index (Phi) is 6.19. The lowest BCUT2D eigenvalue weighted by Crippen LogP contribution is -2.31. The van der Waals surface area contributed by atoms with Gasteiger partial charge >= 0.3 is 12.1 Å². The van der Waals surface area contributed by atoms with E-state index in [0.717, 1.165) is 5.56 Å². The summed E-state index contributed by atoms with van der Waals surface area (Å²) in [4.78, 5) is 27.3. The van der Waals surface area contributed by atoms with Crippen LogP contribution in [0.4, 0.5) is 4.79 Å². The first-order valence-corrected chi connectivity index (χ1v) is 7.09. The zero-order valence-corrected chi connectivity index (χ0v) is 12.8. The van der Waals surface area contributed by atoms with Crippen molar-refractivity contribution >= 4 is 58.2 Å². The Labute approximate surface area is 128 Å². The number of thiophene rings is 1. The van der Waals surface area contributed by atoms with Crippen LogP contribution in [-0.2, 0) is 14.4 Å². The molecule has 0 radical (unpaired) electrons. The molecule has 1 atom stereocenters. The minimum absolute atomic E-state index is 0.457. The Morgan fingerprint density at radius 3 is 2.68 bits per heavy atom. The Balaban J connectivity index is 2.32. The van der Waals surface area contributed by atoms with Crippen LogP contribution in [-0.4, -0.2) is 22.5 Å². The van der Waals surface area contributed by atoms with E-state index in [2.05, 4.69) is 9.57 Å². The molecule has 1 N–H and O–H groups in total. The molecule has 0 aliphatic rings. The monoisotopic (exact) mass is 345 g/mol. The molecule has 0 bridgehead atoms. The smallest absolute Gasteiger partial charge is 0.440 e. The summed E-state index contributed by atoms with van der Waals surface area (Å²) in [6.45, 7) is 1.19. The zero-order chi connectivity index (χ0) is 14.5. The van der Waals surface area contributed by atoms with Crippen molar-refractivity contribution in [1.82, 2.24) is 5.48 Å². The average molecular weight is 347 g/mol. The van der Waals surface area contributed by atoms with Crippen molar-refractivity contribution in [3.63, 3.8) is 0 Å². The van der Waals surface area contributed by atoms with Crippen molar-refractivity contribution < 1.29 is 19.2 Å². The van der Waals surface area contributed by atoms with Crippen LogP contribution in [0.15, 0.2) is 16.8 Å². The predicted molar refractivity (Wildman–Crippen MR) is 73.6 cm³/mol. The van der Waals surface area contributed by atoms with Crippen LogP contribution in [0.3, 0.4) is 0 Å². The first-order valence-electron chi connectivity index (χ1n) is 5.02. The van der Waals surface area contributed by atoms with Crippen LogP contribution in [0.25, 0.3) is 0 Å². The lowest BCUT2D eigenvalue weighted by atomic mass is 10.1. The van der Waals surface area contributed by atoms with Gasteiger partial charge in [0.1, 0.15) is 6.61 Å². The summed E-state index contributed by atoms with van der Waals surface area (Å²) in [5.74, 6) is -1.12. The zero-order valence-electron chi connectivity index (χ0n) is 9.69. The van der Waals surface area contributed by atoms with E-state index in [4.69, 9.17) is 34.8 Å². The number of hydrogen-bond donors (Lipinski definition) is 1. The molecule has 9 heteroatoms. The highest BCUT2D eigenvalue weighted by molar-refractivity contribution is 7.08. The Bertz CT molecular complexity index is 432. The van der Waals surface area contributed by atoms with Crippen molar-refractivity contribution in [2.45, 2.75) is 16.6 Å². The van der Waals surface area contributed by atoms with E-state index >= 15 is 0 Å². The summed E-state index contributed by atoms with van der Waals surface area (Å²) in [7, 11) is 0. The van der Waals surface area contributed by atoms with Crippen molar-refractivity contribution in [2.75, 3.05) is 6.61 Å². The highest BCUT2D eigenvalue weighted by atomic mass is 35.6. The lowest BCUT2D eigenvalue weighted by Gasteiger charge is -2.13. The summed E-state index contributed by atoms with van der Waals surface area (Å²) in [6.07, 6.45) is -1.02. The van der Waals surface area contributed by atoms with Gasteiger partial charge in [-0.2, -0.15) is 11.3 Å². The van der Waals surface area contributed by atoms with Crippen LogP contribution in [0, 0.1) is 0 Å². The van der Waals surface area contributed by atoms with Gasteiger partial charge in [-0.05, 0) is 29.3 Å². The number of alkyl halides is 3. The first-order chi connectivity index (χ1) is 8.79. The highest BCUT2D eigenvalue weighted by Crippen LogP contribution is 2.25.